The van der Waals surface area contributed by atoms with Crippen molar-refractivity contribution in [3.63, 3.8) is 0 Å². The van der Waals surface area contributed by atoms with Crippen LogP contribution < -0.4 is 0 Å². The second kappa shape index (κ2) is 7.38. The summed E-state index contributed by atoms with van der Waals surface area (Å²) in [6.07, 6.45) is 2.49. The van der Waals surface area contributed by atoms with Gasteiger partial charge in [0.15, 0.2) is 0 Å². The van der Waals surface area contributed by atoms with Gasteiger partial charge in [0.25, 0.3) is 0 Å². The highest BCUT2D eigenvalue weighted by atomic mass is 16.5. The summed E-state index contributed by atoms with van der Waals surface area (Å²) in [5.41, 5.74) is 1.70. The molecule has 1 atom stereocenters. The molecule has 1 aromatic rings. The molecule has 1 aliphatic heterocycles. The second-order valence-corrected chi connectivity index (χ2v) is 5.63. The van der Waals surface area contributed by atoms with Crippen molar-refractivity contribution in [3.8, 4) is 0 Å². The molecule has 2 rings (SSSR count). The van der Waals surface area contributed by atoms with Crippen molar-refractivity contribution in [3.05, 3.63) is 17.5 Å². The molecule has 2 heterocycles. The summed E-state index contributed by atoms with van der Waals surface area (Å²) in [5, 5.41) is 15.3. The minimum atomic E-state index is -0.520. The van der Waals surface area contributed by atoms with Gasteiger partial charge in [-0.25, -0.2) is 0 Å². The summed E-state index contributed by atoms with van der Waals surface area (Å²) >= 11 is 0. The highest BCUT2D eigenvalue weighted by molar-refractivity contribution is 5.13. The molecular weight excluding hydrogens is 268 g/mol. The summed E-state index contributed by atoms with van der Waals surface area (Å²) in [7, 11) is 0. The Morgan fingerprint density at radius 1 is 1.38 bits per heavy atom. The molecule has 1 aromatic heterocycles. The average Bonchev–Trinajstić information content (AvgIpc) is 2.90. The number of nitrogens with zero attached hydrogens (tertiary/aromatic N) is 2. The maximum Gasteiger partial charge on any atom is 0.0987 e. The van der Waals surface area contributed by atoms with Gasteiger partial charge < -0.3 is 14.6 Å². The number of aliphatic hydroxyl groups is 1. The molecule has 0 radical (unpaired) electrons. The molecule has 5 nitrogen and oxygen atoms in total. The first-order valence-corrected chi connectivity index (χ1v) is 8.10. The predicted molar refractivity (Wildman–Crippen MR) is 81.4 cm³/mol. The Morgan fingerprint density at radius 3 is 2.67 bits per heavy atom. The van der Waals surface area contributed by atoms with E-state index in [0.717, 1.165) is 37.2 Å². The first-order valence-electron chi connectivity index (χ1n) is 8.10. The molecule has 0 saturated carbocycles. The summed E-state index contributed by atoms with van der Waals surface area (Å²) in [4.78, 5) is 0. The third-order valence-corrected chi connectivity index (χ3v) is 4.36. The van der Waals surface area contributed by atoms with Crippen molar-refractivity contribution < 1.29 is 14.6 Å². The first-order chi connectivity index (χ1) is 10.1. The largest absolute Gasteiger partial charge is 0.390 e. The van der Waals surface area contributed by atoms with E-state index >= 15 is 0 Å². The third-order valence-electron chi connectivity index (χ3n) is 4.36. The molecule has 0 spiro atoms. The lowest BCUT2D eigenvalue weighted by molar-refractivity contribution is -0.165. The van der Waals surface area contributed by atoms with Gasteiger partial charge >= 0.3 is 0 Å². The van der Waals surface area contributed by atoms with E-state index in [1.165, 1.54) is 0 Å². The molecule has 1 fully saturated rings. The normalized spacial score (nSPS) is 19.6. The van der Waals surface area contributed by atoms with Crippen LogP contribution in [0.4, 0.5) is 0 Å². The number of aryl methyl sites for hydroxylation is 2. The summed E-state index contributed by atoms with van der Waals surface area (Å²) in [6, 6.07) is 2.10. The van der Waals surface area contributed by atoms with E-state index in [9.17, 15) is 5.11 Å². The number of hydrogen-bond donors (Lipinski definition) is 1. The minimum Gasteiger partial charge on any atom is -0.390 e. The molecule has 1 N–H and O–H groups in total. The van der Waals surface area contributed by atoms with Crippen molar-refractivity contribution >= 4 is 0 Å². The summed E-state index contributed by atoms with van der Waals surface area (Å²) in [5.74, 6) is 0. The molecule has 0 aromatic carbocycles. The molecule has 5 heteroatoms. The van der Waals surface area contributed by atoms with E-state index in [1.54, 1.807) is 0 Å². The minimum absolute atomic E-state index is 0.470. The molecule has 120 valence electrons. The van der Waals surface area contributed by atoms with E-state index in [4.69, 9.17) is 9.47 Å². The van der Waals surface area contributed by atoms with Crippen molar-refractivity contribution in [2.75, 3.05) is 19.8 Å². The number of aromatic nitrogens is 2. The fraction of sp³-hybridized carbons (Fsp3) is 0.812. The lowest BCUT2D eigenvalue weighted by Gasteiger charge is -2.40. The van der Waals surface area contributed by atoms with Crippen molar-refractivity contribution in [2.24, 2.45) is 0 Å². The van der Waals surface area contributed by atoms with Crippen LogP contribution in [0.15, 0.2) is 6.07 Å². The van der Waals surface area contributed by atoms with Gasteiger partial charge in [-0.05, 0) is 26.3 Å². The molecule has 1 saturated heterocycles. The molecule has 21 heavy (non-hydrogen) atoms. The van der Waals surface area contributed by atoms with Gasteiger partial charge in [0.1, 0.15) is 0 Å². The smallest absolute Gasteiger partial charge is 0.0987 e. The number of rotatable bonds is 7. The number of aliphatic hydroxyl groups excluding tert-OH is 1. The zero-order valence-electron chi connectivity index (χ0n) is 13.5. The summed E-state index contributed by atoms with van der Waals surface area (Å²) in [6.45, 7) is 8.92. The highest BCUT2D eigenvalue weighted by Crippen LogP contribution is 2.31. The molecule has 1 aliphatic rings. The van der Waals surface area contributed by atoms with Crippen LogP contribution in [0.25, 0.3) is 0 Å². The topological polar surface area (TPSA) is 56.5 Å². The van der Waals surface area contributed by atoms with Crippen LogP contribution >= 0.6 is 0 Å². The van der Waals surface area contributed by atoms with Gasteiger partial charge in [0, 0.05) is 51.3 Å². The van der Waals surface area contributed by atoms with Crippen LogP contribution in [0.5, 0.6) is 0 Å². The van der Waals surface area contributed by atoms with E-state index in [1.807, 2.05) is 11.6 Å². The van der Waals surface area contributed by atoms with Crippen molar-refractivity contribution in [1.29, 1.82) is 0 Å². The zero-order valence-corrected chi connectivity index (χ0v) is 13.5. The molecule has 1 unspecified atom stereocenters. The quantitative estimate of drug-likeness (QED) is 0.835. The Kier molecular flexibility index (Phi) is 5.79. The highest BCUT2D eigenvalue weighted by Gasteiger charge is 2.40. The standard InChI is InChI=1S/C16H28N2O3/c1-4-13-11-14(18(5-2)17-13)12-15(19)16(21-6-3)7-9-20-10-8-16/h11,15,19H,4-10,12H2,1-3H3. The molecule has 0 aliphatic carbocycles. The number of hydrogen-bond acceptors (Lipinski definition) is 4. The van der Waals surface area contributed by atoms with Gasteiger partial charge in [-0.15, -0.1) is 0 Å². The lowest BCUT2D eigenvalue weighted by Crippen LogP contribution is -2.50. The van der Waals surface area contributed by atoms with Crippen molar-refractivity contribution in [2.45, 2.75) is 64.7 Å². The van der Waals surface area contributed by atoms with Crippen LogP contribution in [-0.4, -0.2) is 46.4 Å². The van der Waals surface area contributed by atoms with Crippen LogP contribution in [0.1, 0.15) is 45.0 Å². The third kappa shape index (κ3) is 3.65. The lowest BCUT2D eigenvalue weighted by atomic mass is 9.85. The fourth-order valence-corrected chi connectivity index (χ4v) is 3.09. The fourth-order valence-electron chi connectivity index (χ4n) is 3.09. The zero-order chi connectivity index (χ0) is 15.3. The molecular formula is C16H28N2O3. The Hall–Kier alpha value is -0.910. The van der Waals surface area contributed by atoms with E-state index < -0.39 is 11.7 Å². The molecule has 0 bridgehead atoms. The van der Waals surface area contributed by atoms with Crippen LogP contribution in [0.3, 0.4) is 0 Å². The first kappa shape index (κ1) is 16.5. The second-order valence-electron chi connectivity index (χ2n) is 5.63. The van der Waals surface area contributed by atoms with Gasteiger partial charge in [-0.2, -0.15) is 5.10 Å². The predicted octanol–water partition coefficient (Wildman–Crippen LogP) is 1.95. The maximum atomic E-state index is 10.8. The van der Waals surface area contributed by atoms with Gasteiger partial charge in [0.05, 0.1) is 17.4 Å². The maximum absolute atomic E-state index is 10.8. The van der Waals surface area contributed by atoms with Crippen LogP contribution in [0, 0.1) is 0 Å². The van der Waals surface area contributed by atoms with Gasteiger partial charge in [0.2, 0.25) is 0 Å². The molecule has 0 amide bonds. The van der Waals surface area contributed by atoms with Crippen LogP contribution in [-0.2, 0) is 28.9 Å². The van der Waals surface area contributed by atoms with E-state index in [0.29, 0.717) is 26.2 Å². The monoisotopic (exact) mass is 296 g/mol. The average molecular weight is 296 g/mol. The van der Waals surface area contributed by atoms with Gasteiger partial charge in [-0.3, -0.25) is 4.68 Å². The van der Waals surface area contributed by atoms with Gasteiger partial charge in [-0.1, -0.05) is 6.92 Å². The van der Waals surface area contributed by atoms with E-state index in [2.05, 4.69) is 25.0 Å². The van der Waals surface area contributed by atoms with E-state index in [-0.39, 0.29) is 0 Å². The SMILES string of the molecule is CCOC1(C(O)Cc2cc(CC)nn2CC)CCOCC1. The van der Waals surface area contributed by atoms with Crippen molar-refractivity contribution in [1.82, 2.24) is 9.78 Å². The Bertz CT molecular complexity index is 433. The number of ether oxygens (including phenoxy) is 2. The summed E-state index contributed by atoms with van der Waals surface area (Å²) < 4.78 is 13.4. The van der Waals surface area contributed by atoms with Crippen LogP contribution in [0.2, 0.25) is 0 Å². The Labute approximate surface area is 127 Å². The Balaban J connectivity index is 2.14. The Morgan fingerprint density at radius 2 is 2.10 bits per heavy atom.